The van der Waals surface area contributed by atoms with E-state index in [-0.39, 0.29) is 18.7 Å². The van der Waals surface area contributed by atoms with Crippen molar-refractivity contribution >= 4 is 17.8 Å². The monoisotopic (exact) mass is 357 g/mol. The fourth-order valence-electron chi connectivity index (χ4n) is 2.59. The number of rotatable bonds is 6. The Morgan fingerprint density at radius 1 is 1.27 bits per heavy atom. The summed E-state index contributed by atoms with van der Waals surface area (Å²) >= 11 is 0. The molecule has 3 N–H and O–H groups in total. The summed E-state index contributed by atoms with van der Waals surface area (Å²) < 4.78 is 5.18. The van der Waals surface area contributed by atoms with Gasteiger partial charge in [0.25, 0.3) is 0 Å². The molecule has 1 aliphatic rings. The second-order valence-corrected chi connectivity index (χ2v) is 5.92. The van der Waals surface area contributed by atoms with E-state index < -0.39 is 18.0 Å². The smallest absolute Gasteiger partial charge is 0.322 e. The molecule has 0 unspecified atom stereocenters. The summed E-state index contributed by atoms with van der Waals surface area (Å²) in [5.74, 6) is 0.268. The molecule has 1 fully saturated rings. The number of urea groups is 1. The van der Waals surface area contributed by atoms with Gasteiger partial charge in [0, 0.05) is 25.8 Å². The van der Waals surface area contributed by atoms with Gasteiger partial charge in [0.2, 0.25) is 17.7 Å². The molecule has 0 radical (unpaired) electrons. The van der Waals surface area contributed by atoms with Gasteiger partial charge in [-0.1, -0.05) is 35.5 Å². The zero-order chi connectivity index (χ0) is 18.4. The first-order valence-corrected chi connectivity index (χ1v) is 8.33. The Morgan fingerprint density at radius 3 is 2.88 bits per heavy atom. The van der Waals surface area contributed by atoms with Crippen LogP contribution in [0.15, 0.2) is 34.9 Å². The van der Waals surface area contributed by atoms with E-state index in [0.717, 1.165) is 5.56 Å². The minimum Gasteiger partial charge on any atom is -0.354 e. The van der Waals surface area contributed by atoms with Crippen LogP contribution in [0.5, 0.6) is 0 Å². The second-order valence-electron chi connectivity index (χ2n) is 5.92. The van der Waals surface area contributed by atoms with Crippen LogP contribution in [0.2, 0.25) is 0 Å². The van der Waals surface area contributed by atoms with Crippen LogP contribution in [0.4, 0.5) is 4.79 Å². The molecule has 136 valence electrons. The zero-order valence-electron chi connectivity index (χ0n) is 14.0. The number of nitrogens with zero attached hydrogens (tertiary/aromatic N) is 2. The maximum absolute atomic E-state index is 12.1. The Morgan fingerprint density at radius 2 is 2.08 bits per heavy atom. The average molecular weight is 357 g/mol. The van der Waals surface area contributed by atoms with E-state index in [2.05, 4.69) is 26.1 Å². The van der Waals surface area contributed by atoms with Crippen molar-refractivity contribution in [2.75, 3.05) is 6.54 Å². The van der Waals surface area contributed by atoms with Gasteiger partial charge in [-0.25, -0.2) is 4.79 Å². The molecule has 0 spiro atoms. The lowest BCUT2D eigenvalue weighted by molar-refractivity contribution is -0.123. The van der Waals surface area contributed by atoms with E-state index in [1.54, 1.807) is 0 Å². The van der Waals surface area contributed by atoms with E-state index in [1.165, 1.54) is 0 Å². The van der Waals surface area contributed by atoms with Crippen LogP contribution in [0.3, 0.4) is 0 Å². The molecule has 1 saturated heterocycles. The normalized spacial score (nSPS) is 17.2. The first-order valence-electron chi connectivity index (χ1n) is 8.33. The largest absolute Gasteiger partial charge is 0.354 e. The molecular formula is C17H19N5O4. The second kappa shape index (κ2) is 8.24. The number of aromatic nitrogens is 2. The molecule has 9 nitrogen and oxygen atoms in total. The molecule has 0 bridgehead atoms. The number of carbonyl (C=O) groups is 3. The Hall–Kier alpha value is -3.23. The Bertz CT molecular complexity index is 789. The van der Waals surface area contributed by atoms with Gasteiger partial charge in [-0.05, 0) is 12.0 Å². The molecule has 4 amide bonds. The Balaban J connectivity index is 1.45. The fraction of sp³-hybridized carbons (Fsp3) is 0.353. The van der Waals surface area contributed by atoms with Crippen molar-refractivity contribution in [2.45, 2.75) is 31.7 Å². The molecule has 0 saturated carbocycles. The van der Waals surface area contributed by atoms with E-state index in [9.17, 15) is 14.4 Å². The van der Waals surface area contributed by atoms with E-state index in [4.69, 9.17) is 4.52 Å². The third kappa shape index (κ3) is 4.88. The van der Waals surface area contributed by atoms with Gasteiger partial charge in [0.15, 0.2) is 5.82 Å². The van der Waals surface area contributed by atoms with Gasteiger partial charge in [-0.15, -0.1) is 0 Å². The predicted molar refractivity (Wildman–Crippen MR) is 90.0 cm³/mol. The van der Waals surface area contributed by atoms with Crippen LogP contribution >= 0.6 is 0 Å². The van der Waals surface area contributed by atoms with Crippen LogP contribution in [0, 0.1) is 0 Å². The molecule has 1 aromatic heterocycles. The summed E-state index contributed by atoms with van der Waals surface area (Å²) in [6, 6.07) is 8.40. The highest BCUT2D eigenvalue weighted by atomic mass is 16.5. The van der Waals surface area contributed by atoms with Gasteiger partial charge in [-0.3, -0.25) is 14.9 Å². The SMILES string of the molecule is O=C1CC[C@H](C(=O)NCCc2nc(Cc3ccccc3)no2)NC(=O)N1. The number of hydrogen-bond acceptors (Lipinski definition) is 6. The third-order valence-corrected chi connectivity index (χ3v) is 3.89. The molecule has 0 aliphatic carbocycles. The maximum atomic E-state index is 12.1. The van der Waals surface area contributed by atoms with Crippen molar-refractivity contribution in [2.24, 2.45) is 0 Å². The topological polar surface area (TPSA) is 126 Å². The van der Waals surface area contributed by atoms with Gasteiger partial charge in [-0.2, -0.15) is 4.98 Å². The summed E-state index contributed by atoms with van der Waals surface area (Å²) in [6.07, 6.45) is 1.33. The summed E-state index contributed by atoms with van der Waals surface area (Å²) in [7, 11) is 0. The molecule has 2 aromatic rings. The molecule has 1 aromatic carbocycles. The van der Waals surface area contributed by atoms with Gasteiger partial charge in [0.05, 0.1) is 0 Å². The highest BCUT2D eigenvalue weighted by Gasteiger charge is 2.25. The van der Waals surface area contributed by atoms with E-state index >= 15 is 0 Å². The standard InChI is InChI=1S/C17H19N5O4/c23-14-7-6-12(19-17(25)21-14)16(24)18-9-8-15-20-13(22-26-15)10-11-4-2-1-3-5-11/h1-5,12H,6-10H2,(H,18,24)(H2,19,21,23,25)/t12-/m1/s1. The molecule has 3 rings (SSSR count). The van der Waals surface area contributed by atoms with Crippen molar-refractivity contribution < 1.29 is 18.9 Å². The Labute approximate surface area is 149 Å². The maximum Gasteiger partial charge on any atom is 0.322 e. The summed E-state index contributed by atoms with van der Waals surface area (Å²) in [5.41, 5.74) is 1.08. The lowest BCUT2D eigenvalue weighted by atomic mass is 10.1. The van der Waals surface area contributed by atoms with Crippen LogP contribution in [-0.2, 0) is 22.4 Å². The number of carbonyl (C=O) groups excluding carboxylic acids is 3. The number of imide groups is 1. The van der Waals surface area contributed by atoms with Crippen molar-refractivity contribution in [3.63, 3.8) is 0 Å². The quantitative estimate of drug-likeness (QED) is 0.683. The highest BCUT2D eigenvalue weighted by Crippen LogP contribution is 2.07. The van der Waals surface area contributed by atoms with Crippen molar-refractivity contribution in [3.8, 4) is 0 Å². The first-order chi connectivity index (χ1) is 12.6. The Kier molecular flexibility index (Phi) is 5.57. The van der Waals surface area contributed by atoms with E-state index in [0.29, 0.717) is 31.1 Å². The third-order valence-electron chi connectivity index (χ3n) is 3.89. The number of hydrogen-bond donors (Lipinski definition) is 3. The van der Waals surface area contributed by atoms with Crippen LogP contribution < -0.4 is 16.0 Å². The van der Waals surface area contributed by atoms with Crippen molar-refractivity contribution in [3.05, 3.63) is 47.6 Å². The average Bonchev–Trinajstić information content (AvgIpc) is 2.98. The molecule has 2 heterocycles. The first kappa shape index (κ1) is 17.6. The number of benzene rings is 1. The summed E-state index contributed by atoms with van der Waals surface area (Å²) in [5, 5.41) is 11.2. The highest BCUT2D eigenvalue weighted by molar-refractivity contribution is 5.98. The van der Waals surface area contributed by atoms with Crippen molar-refractivity contribution in [1.82, 2.24) is 26.1 Å². The molecular weight excluding hydrogens is 338 g/mol. The summed E-state index contributed by atoms with van der Waals surface area (Å²) in [4.78, 5) is 39.1. The minimum absolute atomic E-state index is 0.114. The van der Waals surface area contributed by atoms with Crippen LogP contribution in [-0.4, -0.2) is 40.6 Å². The minimum atomic E-state index is -0.738. The fourth-order valence-corrected chi connectivity index (χ4v) is 2.59. The number of nitrogens with one attached hydrogen (secondary N) is 3. The predicted octanol–water partition coefficient (Wildman–Crippen LogP) is 0.307. The van der Waals surface area contributed by atoms with Crippen LogP contribution in [0.25, 0.3) is 0 Å². The summed E-state index contributed by atoms with van der Waals surface area (Å²) in [6.45, 7) is 0.291. The van der Waals surface area contributed by atoms with Gasteiger partial charge < -0.3 is 15.2 Å². The van der Waals surface area contributed by atoms with Crippen molar-refractivity contribution in [1.29, 1.82) is 0 Å². The lowest BCUT2D eigenvalue weighted by Crippen LogP contribution is -2.48. The van der Waals surface area contributed by atoms with Gasteiger partial charge >= 0.3 is 6.03 Å². The number of amides is 4. The lowest BCUT2D eigenvalue weighted by Gasteiger charge is -2.14. The molecule has 26 heavy (non-hydrogen) atoms. The molecule has 9 heteroatoms. The zero-order valence-corrected chi connectivity index (χ0v) is 14.0. The molecule has 1 aliphatic heterocycles. The molecule has 1 atom stereocenters. The van der Waals surface area contributed by atoms with Gasteiger partial charge in [0.1, 0.15) is 6.04 Å². The van der Waals surface area contributed by atoms with Crippen LogP contribution in [0.1, 0.15) is 30.1 Å². The van der Waals surface area contributed by atoms with E-state index in [1.807, 2.05) is 30.3 Å².